The van der Waals surface area contributed by atoms with E-state index in [4.69, 9.17) is 4.98 Å². The van der Waals surface area contributed by atoms with Crippen molar-refractivity contribution in [2.24, 2.45) is 5.92 Å². The molecule has 3 heterocycles. The predicted octanol–water partition coefficient (Wildman–Crippen LogP) is 0.860. The van der Waals surface area contributed by atoms with E-state index in [-0.39, 0.29) is 6.61 Å². The maximum Gasteiger partial charge on any atom is 0.152 e. The summed E-state index contributed by atoms with van der Waals surface area (Å²) in [5.41, 5.74) is 0. The molecule has 0 aliphatic carbocycles. The van der Waals surface area contributed by atoms with Crippen LogP contribution in [0.5, 0.6) is 0 Å². The smallest absolute Gasteiger partial charge is 0.152 e. The fourth-order valence-corrected chi connectivity index (χ4v) is 3.42. The monoisotopic (exact) mass is 264 g/mol. The maximum atomic E-state index is 9.25. The Morgan fingerprint density at radius 3 is 3.05 bits per heavy atom. The molecule has 3 rings (SSSR count). The number of likely N-dealkylation sites (N-methyl/N-ethyl adjacent to an activating group) is 1. The summed E-state index contributed by atoms with van der Waals surface area (Å²) in [5.74, 6) is 2.47. The Morgan fingerprint density at radius 2 is 2.26 bits per heavy atom. The van der Waals surface area contributed by atoms with Crippen molar-refractivity contribution < 1.29 is 5.11 Å². The number of likely N-dealkylation sites (tertiary alicyclic amines) is 1. The van der Waals surface area contributed by atoms with Crippen LogP contribution in [0.3, 0.4) is 0 Å². The summed E-state index contributed by atoms with van der Waals surface area (Å²) in [4.78, 5) is 7.23. The molecular formula is C14H24N4O. The lowest BCUT2D eigenvalue weighted by Crippen LogP contribution is -2.31. The fraction of sp³-hybridized carbons (Fsp3) is 0.857. The summed E-state index contributed by atoms with van der Waals surface area (Å²) in [6.45, 7) is 5.68. The lowest BCUT2D eigenvalue weighted by Gasteiger charge is -2.21. The first-order chi connectivity index (χ1) is 9.30. The molecule has 5 nitrogen and oxygen atoms in total. The van der Waals surface area contributed by atoms with Crippen LogP contribution in [0.4, 0.5) is 0 Å². The van der Waals surface area contributed by atoms with Crippen molar-refractivity contribution in [2.45, 2.75) is 51.6 Å². The highest BCUT2D eigenvalue weighted by Gasteiger charge is 2.26. The quantitative estimate of drug-likeness (QED) is 0.876. The number of aliphatic hydroxyl groups excluding tert-OH is 1. The molecule has 0 radical (unpaired) electrons. The van der Waals surface area contributed by atoms with E-state index in [1.165, 1.54) is 19.4 Å². The van der Waals surface area contributed by atoms with Crippen molar-refractivity contribution in [3.05, 3.63) is 11.6 Å². The first-order valence-corrected chi connectivity index (χ1v) is 7.57. The Labute approximate surface area is 114 Å². The van der Waals surface area contributed by atoms with E-state index in [1.807, 2.05) is 4.68 Å². The van der Waals surface area contributed by atoms with Gasteiger partial charge < -0.3 is 10.0 Å². The molecule has 0 bridgehead atoms. The molecule has 2 atom stereocenters. The minimum absolute atomic E-state index is 0.265. The van der Waals surface area contributed by atoms with Gasteiger partial charge in [0.25, 0.3) is 0 Å². The van der Waals surface area contributed by atoms with Crippen molar-refractivity contribution in [3.8, 4) is 0 Å². The van der Waals surface area contributed by atoms with Crippen molar-refractivity contribution in [3.63, 3.8) is 0 Å². The van der Waals surface area contributed by atoms with Crippen molar-refractivity contribution >= 4 is 0 Å². The van der Waals surface area contributed by atoms with Crippen molar-refractivity contribution in [1.82, 2.24) is 19.7 Å². The molecule has 0 aromatic carbocycles. The molecule has 1 saturated heterocycles. The number of fused-ring (bicyclic) bond motifs is 1. The Kier molecular flexibility index (Phi) is 3.84. The van der Waals surface area contributed by atoms with Gasteiger partial charge in [0.2, 0.25) is 0 Å². The summed E-state index contributed by atoms with van der Waals surface area (Å²) in [5, 5.41) is 13.9. The van der Waals surface area contributed by atoms with Gasteiger partial charge >= 0.3 is 0 Å². The number of nitrogens with zero attached hydrogens (tertiary/aromatic N) is 4. The Bertz CT molecular complexity index is 431. The van der Waals surface area contributed by atoms with E-state index in [0.29, 0.717) is 12.0 Å². The number of aliphatic hydroxyl groups is 1. The maximum absolute atomic E-state index is 9.25. The number of aromatic nitrogens is 3. The van der Waals surface area contributed by atoms with Crippen LogP contribution in [0.1, 0.15) is 37.8 Å². The first-order valence-electron chi connectivity index (χ1n) is 7.57. The molecule has 2 unspecified atom stereocenters. The third-order valence-electron chi connectivity index (χ3n) is 4.58. The van der Waals surface area contributed by atoms with Gasteiger partial charge in [-0.05, 0) is 32.4 Å². The van der Waals surface area contributed by atoms with Crippen LogP contribution in [0, 0.1) is 5.92 Å². The molecule has 0 amide bonds. The zero-order valence-corrected chi connectivity index (χ0v) is 11.8. The van der Waals surface area contributed by atoms with Gasteiger partial charge in [0, 0.05) is 38.0 Å². The molecule has 106 valence electrons. The van der Waals surface area contributed by atoms with Gasteiger partial charge in [-0.15, -0.1) is 0 Å². The number of rotatable bonds is 4. The van der Waals surface area contributed by atoms with Gasteiger partial charge in [0.1, 0.15) is 5.82 Å². The van der Waals surface area contributed by atoms with E-state index in [9.17, 15) is 5.11 Å². The van der Waals surface area contributed by atoms with Crippen LogP contribution in [0.15, 0.2) is 0 Å². The van der Waals surface area contributed by atoms with E-state index in [2.05, 4.69) is 16.9 Å². The van der Waals surface area contributed by atoms with Gasteiger partial charge in [0.15, 0.2) is 5.82 Å². The zero-order chi connectivity index (χ0) is 13.2. The third kappa shape index (κ3) is 2.67. The number of aryl methyl sites for hydroxylation is 1. The summed E-state index contributed by atoms with van der Waals surface area (Å²) < 4.78 is 2.02. The topological polar surface area (TPSA) is 54.2 Å². The van der Waals surface area contributed by atoms with Crippen LogP contribution in [-0.4, -0.2) is 50.5 Å². The van der Waals surface area contributed by atoms with Crippen LogP contribution >= 0.6 is 0 Å². The van der Waals surface area contributed by atoms with Gasteiger partial charge in [-0.1, -0.05) is 6.92 Å². The minimum atomic E-state index is 0.265. The van der Waals surface area contributed by atoms with E-state index >= 15 is 0 Å². The molecule has 2 aliphatic rings. The van der Waals surface area contributed by atoms with Gasteiger partial charge in [-0.2, -0.15) is 5.10 Å². The molecule has 0 spiro atoms. The molecule has 1 aromatic heterocycles. The molecule has 1 aromatic rings. The summed E-state index contributed by atoms with van der Waals surface area (Å²) in [6.07, 6.45) is 5.56. The summed E-state index contributed by atoms with van der Waals surface area (Å²) >= 11 is 0. The standard InChI is InChI=1S/C14H24N4O/c1-2-17-7-3-4-12(17)8-13-15-14-6-5-11(10-19)9-18(14)16-13/h11-12,19H,2-10H2,1H3. The lowest BCUT2D eigenvalue weighted by molar-refractivity contribution is 0.185. The Balaban J connectivity index is 1.68. The number of hydrogen-bond donors (Lipinski definition) is 1. The zero-order valence-electron chi connectivity index (χ0n) is 11.8. The predicted molar refractivity (Wildman–Crippen MR) is 72.9 cm³/mol. The average molecular weight is 264 g/mol. The van der Waals surface area contributed by atoms with Crippen LogP contribution in [0.25, 0.3) is 0 Å². The molecule has 19 heavy (non-hydrogen) atoms. The van der Waals surface area contributed by atoms with E-state index < -0.39 is 0 Å². The number of hydrogen-bond acceptors (Lipinski definition) is 4. The molecule has 1 fully saturated rings. The molecule has 2 aliphatic heterocycles. The van der Waals surface area contributed by atoms with Crippen LogP contribution < -0.4 is 0 Å². The third-order valence-corrected chi connectivity index (χ3v) is 4.58. The Morgan fingerprint density at radius 1 is 1.37 bits per heavy atom. The summed E-state index contributed by atoms with van der Waals surface area (Å²) in [7, 11) is 0. The fourth-order valence-electron chi connectivity index (χ4n) is 3.42. The molecular weight excluding hydrogens is 240 g/mol. The normalized spacial score (nSPS) is 27.7. The second-order valence-corrected chi connectivity index (χ2v) is 5.84. The van der Waals surface area contributed by atoms with E-state index in [0.717, 1.165) is 44.0 Å². The van der Waals surface area contributed by atoms with Crippen LogP contribution in [-0.2, 0) is 19.4 Å². The highest BCUT2D eigenvalue weighted by molar-refractivity contribution is 5.00. The first kappa shape index (κ1) is 13.1. The SMILES string of the molecule is CCN1CCCC1Cc1nc2n(n1)CC(CO)CC2. The highest BCUT2D eigenvalue weighted by atomic mass is 16.3. The lowest BCUT2D eigenvalue weighted by atomic mass is 10.0. The van der Waals surface area contributed by atoms with Gasteiger partial charge in [0.05, 0.1) is 0 Å². The van der Waals surface area contributed by atoms with Crippen LogP contribution in [0.2, 0.25) is 0 Å². The molecule has 5 heteroatoms. The minimum Gasteiger partial charge on any atom is -0.396 e. The summed E-state index contributed by atoms with van der Waals surface area (Å²) in [6, 6.07) is 0.628. The van der Waals surface area contributed by atoms with Crippen molar-refractivity contribution in [1.29, 1.82) is 0 Å². The van der Waals surface area contributed by atoms with E-state index in [1.54, 1.807) is 0 Å². The van der Waals surface area contributed by atoms with Gasteiger partial charge in [-0.3, -0.25) is 0 Å². The second-order valence-electron chi connectivity index (χ2n) is 5.84. The average Bonchev–Trinajstić information content (AvgIpc) is 3.03. The molecule has 1 N–H and O–H groups in total. The Hall–Kier alpha value is -0.940. The largest absolute Gasteiger partial charge is 0.396 e. The van der Waals surface area contributed by atoms with Gasteiger partial charge in [-0.25, -0.2) is 9.67 Å². The molecule has 0 saturated carbocycles. The second kappa shape index (κ2) is 5.59. The highest BCUT2D eigenvalue weighted by Crippen LogP contribution is 2.22. The van der Waals surface area contributed by atoms with Crippen molar-refractivity contribution in [2.75, 3.05) is 19.7 Å².